The zero-order chi connectivity index (χ0) is 42.8. The molecule has 318 valence electrons. The highest BCUT2D eigenvalue weighted by molar-refractivity contribution is 7.88. The van der Waals surface area contributed by atoms with Gasteiger partial charge in [-0.3, -0.25) is 25.3 Å². The third-order valence-electron chi connectivity index (χ3n) is 7.54. The summed E-state index contributed by atoms with van der Waals surface area (Å²) in [5, 5.41) is 46.7. The normalized spacial score (nSPS) is 14.8. The number of hydrogen-bond donors (Lipinski definition) is 6. The van der Waals surface area contributed by atoms with E-state index in [1.807, 2.05) is 0 Å². The maximum absolute atomic E-state index is 14.3. The first-order chi connectivity index (χ1) is 28.6. The van der Waals surface area contributed by atoms with Crippen LogP contribution in [0, 0.1) is 0 Å². The molecule has 0 saturated heterocycles. The van der Waals surface area contributed by atoms with E-state index in [-0.39, 0.29) is 90.2 Å². The topological polar surface area (TPSA) is 413 Å². The molecule has 0 bridgehead atoms. The molecule has 12 N–H and O–H groups in total. The van der Waals surface area contributed by atoms with Crippen molar-refractivity contribution in [3.05, 3.63) is 33.4 Å². The van der Waals surface area contributed by atoms with Crippen LogP contribution in [-0.2, 0) is 99.3 Å². The SMILES string of the molecule is Nc1nnc(S(=O)Cc2c(CS(=O)c3nnc(N)s3)c(CS(=O)c3nnc(N)s3)c(CS(=O)c3nnc(N)s3)c(CS(=O)c3nnc(N)s3)c2CS(=O)c2nnc(N)s2)s1. The fourth-order valence-electron chi connectivity index (χ4n) is 5.17. The van der Waals surface area contributed by atoms with E-state index in [2.05, 4.69) is 61.2 Å². The summed E-state index contributed by atoms with van der Waals surface area (Å²) in [6, 6.07) is 0. The molecule has 0 amide bonds. The van der Waals surface area contributed by atoms with Gasteiger partial charge in [-0.1, -0.05) is 68.0 Å². The van der Waals surface area contributed by atoms with Gasteiger partial charge >= 0.3 is 0 Å². The molecule has 7 aromatic rings. The van der Waals surface area contributed by atoms with Crippen LogP contribution in [0.2, 0.25) is 0 Å². The summed E-state index contributed by atoms with van der Waals surface area (Å²) in [6.07, 6.45) is 0. The van der Waals surface area contributed by atoms with Crippen molar-refractivity contribution in [1.29, 1.82) is 0 Å². The van der Waals surface area contributed by atoms with Crippen molar-refractivity contribution in [2.75, 3.05) is 34.4 Å². The zero-order valence-electron chi connectivity index (χ0n) is 29.4. The van der Waals surface area contributed by atoms with Gasteiger partial charge in [0.1, 0.15) is 0 Å². The second kappa shape index (κ2) is 19.1. The van der Waals surface area contributed by atoms with Crippen LogP contribution >= 0.6 is 68.0 Å². The molecule has 0 spiro atoms. The Morgan fingerprint density at radius 3 is 0.500 bits per heavy atom. The Bertz CT molecular complexity index is 2350. The predicted octanol–water partition coefficient (Wildman–Crippen LogP) is 0.136. The van der Waals surface area contributed by atoms with Crippen molar-refractivity contribution in [1.82, 2.24) is 61.2 Å². The minimum absolute atomic E-state index is 0.0170. The molecule has 36 heteroatoms. The molecule has 0 fully saturated rings. The van der Waals surface area contributed by atoms with Gasteiger partial charge in [0.05, 0.1) is 99.3 Å². The molecule has 24 nitrogen and oxygen atoms in total. The van der Waals surface area contributed by atoms with Gasteiger partial charge in [-0.15, -0.1) is 61.2 Å². The fourth-order valence-corrected chi connectivity index (χ4v) is 17.2. The number of benzene rings is 1. The number of rotatable bonds is 18. The van der Waals surface area contributed by atoms with Gasteiger partial charge in [-0.25, -0.2) is 0 Å². The first-order valence-electron chi connectivity index (χ1n) is 15.6. The van der Waals surface area contributed by atoms with E-state index < -0.39 is 99.3 Å². The zero-order valence-corrected chi connectivity index (χ0v) is 39.2. The van der Waals surface area contributed by atoms with Gasteiger partial charge in [0, 0.05) is 0 Å². The lowest BCUT2D eigenvalue weighted by Gasteiger charge is -2.26. The van der Waals surface area contributed by atoms with Crippen molar-refractivity contribution in [3.63, 3.8) is 0 Å². The van der Waals surface area contributed by atoms with Gasteiger partial charge in [-0.05, 0) is 33.4 Å². The Kier molecular flexibility index (Phi) is 14.1. The number of anilines is 6. The summed E-state index contributed by atoms with van der Waals surface area (Å²) in [4.78, 5) is 0. The minimum Gasteiger partial charge on any atom is -0.374 e. The van der Waals surface area contributed by atoms with Gasteiger partial charge in [0.25, 0.3) is 0 Å². The lowest BCUT2D eigenvalue weighted by Crippen LogP contribution is -2.20. The molecule has 0 radical (unpaired) electrons. The highest BCUT2D eigenvalue weighted by atomic mass is 32.2. The van der Waals surface area contributed by atoms with Gasteiger partial charge in [-0.2, -0.15) is 0 Å². The molecule has 0 saturated carbocycles. The van der Waals surface area contributed by atoms with Crippen LogP contribution in [0.3, 0.4) is 0 Å². The van der Waals surface area contributed by atoms with E-state index in [1.165, 1.54) is 0 Å². The van der Waals surface area contributed by atoms with Crippen LogP contribution in [0.25, 0.3) is 0 Å². The van der Waals surface area contributed by atoms with E-state index in [4.69, 9.17) is 34.4 Å². The van der Waals surface area contributed by atoms with E-state index in [0.29, 0.717) is 0 Å². The summed E-state index contributed by atoms with van der Waals surface area (Å²) < 4.78 is 85.9. The molecule has 6 heterocycles. The molecule has 0 aliphatic heterocycles. The van der Waals surface area contributed by atoms with E-state index in [1.54, 1.807) is 0 Å². The molecular formula is C24H24N18O6S12. The van der Waals surface area contributed by atoms with Crippen LogP contribution in [0.1, 0.15) is 33.4 Å². The summed E-state index contributed by atoms with van der Waals surface area (Å²) in [6.45, 7) is 0. The third-order valence-corrected chi connectivity index (χ3v) is 21.8. The quantitative estimate of drug-likeness (QED) is 0.0665. The summed E-state index contributed by atoms with van der Waals surface area (Å²) >= 11 is 5.15. The van der Waals surface area contributed by atoms with Gasteiger partial charge < -0.3 is 34.4 Å². The minimum atomic E-state index is -2.04. The number of hydrogen-bond acceptors (Lipinski definition) is 30. The number of nitrogens with zero attached hydrogens (tertiary/aromatic N) is 12. The van der Waals surface area contributed by atoms with Crippen molar-refractivity contribution >= 4 is 164 Å². The molecule has 6 unspecified atom stereocenters. The van der Waals surface area contributed by atoms with E-state index >= 15 is 0 Å². The number of nitrogens with two attached hydrogens (primary N) is 6. The molecule has 0 aliphatic carbocycles. The van der Waals surface area contributed by atoms with Crippen molar-refractivity contribution in [2.24, 2.45) is 0 Å². The molecule has 7 rings (SSSR count). The monoisotopic (exact) mass is 1040 g/mol. The fraction of sp³-hybridized carbons (Fsp3) is 0.250. The first-order valence-corrected chi connectivity index (χ1v) is 28.5. The summed E-state index contributed by atoms with van der Waals surface area (Å²) in [5.41, 5.74) is 36.2. The lowest BCUT2D eigenvalue weighted by molar-refractivity contribution is 0.674. The van der Waals surface area contributed by atoms with E-state index in [0.717, 1.165) is 68.0 Å². The maximum Gasteiger partial charge on any atom is 0.206 e. The molecule has 6 atom stereocenters. The average molecular weight is 1050 g/mol. The highest BCUT2D eigenvalue weighted by Gasteiger charge is 2.33. The van der Waals surface area contributed by atoms with Crippen LogP contribution in [-0.4, -0.2) is 86.4 Å². The Hall–Kier alpha value is -3.72. The van der Waals surface area contributed by atoms with E-state index in [9.17, 15) is 25.3 Å². The van der Waals surface area contributed by atoms with Crippen LogP contribution < -0.4 is 34.4 Å². The second-order valence-corrected chi connectivity index (χ2v) is 27.1. The molecule has 1 aromatic carbocycles. The second-order valence-electron chi connectivity index (χ2n) is 11.2. The average Bonchev–Trinajstić information content (AvgIpc) is 4.07. The number of nitrogen functional groups attached to an aromatic ring is 6. The first kappa shape index (κ1) is 44.3. The molecular weight excluding hydrogens is 1020 g/mol. The molecule has 6 aromatic heterocycles. The molecule has 60 heavy (non-hydrogen) atoms. The Balaban J connectivity index is 1.55. The predicted molar refractivity (Wildman–Crippen MR) is 233 cm³/mol. The van der Waals surface area contributed by atoms with Gasteiger partial charge in [0.2, 0.25) is 56.8 Å². The summed E-state index contributed by atoms with van der Waals surface area (Å²) in [5.74, 6) is -2.43. The highest BCUT2D eigenvalue weighted by Crippen LogP contribution is 2.39. The van der Waals surface area contributed by atoms with Crippen molar-refractivity contribution < 1.29 is 25.3 Å². The van der Waals surface area contributed by atoms with Crippen LogP contribution in [0.4, 0.5) is 30.8 Å². The summed E-state index contributed by atoms with van der Waals surface area (Å²) in [7, 11) is -12.2. The van der Waals surface area contributed by atoms with Crippen LogP contribution in [0.5, 0.6) is 0 Å². The Labute approximate surface area is 375 Å². The van der Waals surface area contributed by atoms with Crippen LogP contribution in [0.15, 0.2) is 26.0 Å². The number of aromatic nitrogens is 12. The lowest BCUT2D eigenvalue weighted by atomic mass is 9.90. The molecule has 0 aliphatic rings. The smallest absolute Gasteiger partial charge is 0.206 e. The standard InChI is InChI=1S/C24H24N18O6S12/c25-13-31-37-19(49-13)55(43)1-7-8(2-56(44)20-38-32-14(26)50-20)10(4-58(46)22-40-34-16(28)52-22)12(6-60(48)24-42-36-18(30)54-24)11(5-59(47)23-41-35-17(29)53-23)9(7)3-57(45)21-39-33-15(27)51-21/h1-6H2,(H2,25,31)(H2,26,32)(H2,27,33)(H2,28,34)(H2,29,35)(H2,30,36). The van der Waals surface area contributed by atoms with Crippen molar-refractivity contribution in [3.8, 4) is 0 Å². The Morgan fingerprint density at radius 2 is 0.400 bits per heavy atom. The third kappa shape index (κ3) is 10.3. The Morgan fingerprint density at radius 1 is 0.267 bits per heavy atom. The van der Waals surface area contributed by atoms with Gasteiger partial charge in [0.15, 0.2) is 0 Å². The van der Waals surface area contributed by atoms with Crippen molar-refractivity contribution in [2.45, 2.75) is 60.6 Å². The maximum atomic E-state index is 14.3. The largest absolute Gasteiger partial charge is 0.374 e.